The highest BCUT2D eigenvalue weighted by molar-refractivity contribution is 6.32. The van der Waals surface area contributed by atoms with Crippen molar-refractivity contribution in [2.24, 2.45) is 0 Å². The van der Waals surface area contributed by atoms with Crippen LogP contribution in [0.15, 0.2) is 30.7 Å². The van der Waals surface area contributed by atoms with E-state index in [2.05, 4.69) is 20.3 Å². The number of pyridine rings is 1. The first-order valence-electron chi connectivity index (χ1n) is 8.61. The molecule has 0 aromatic carbocycles. The molecule has 1 N–H and O–H groups in total. The second kappa shape index (κ2) is 8.59. The third-order valence-corrected chi connectivity index (χ3v) is 4.56. The number of rotatable bonds is 5. The number of piperazine rings is 1. The Balaban J connectivity index is 1.45. The van der Waals surface area contributed by atoms with E-state index >= 15 is 0 Å². The molecule has 0 bridgehead atoms. The van der Waals surface area contributed by atoms with Crippen LogP contribution < -0.4 is 10.2 Å². The van der Waals surface area contributed by atoms with Crippen LogP contribution in [0.4, 0.5) is 24.9 Å². The first kappa shape index (κ1) is 20.1. The maximum Gasteiger partial charge on any atom is 0.417 e. The number of carbonyl (C=O) groups is 1. The molecule has 3 heterocycles. The Morgan fingerprint density at radius 2 is 1.82 bits per heavy atom. The Hall–Kier alpha value is -2.62. The van der Waals surface area contributed by atoms with Crippen LogP contribution in [-0.4, -0.2) is 58.5 Å². The summed E-state index contributed by atoms with van der Waals surface area (Å²) < 4.78 is 37.9. The van der Waals surface area contributed by atoms with E-state index in [0.717, 1.165) is 6.07 Å². The van der Waals surface area contributed by atoms with Crippen LogP contribution in [0.1, 0.15) is 12.0 Å². The maximum atomic E-state index is 12.6. The van der Waals surface area contributed by atoms with Gasteiger partial charge >= 0.3 is 6.18 Å². The minimum Gasteiger partial charge on any atom is -0.368 e. The maximum absolute atomic E-state index is 12.6. The van der Waals surface area contributed by atoms with E-state index in [1.165, 1.54) is 0 Å². The third kappa shape index (κ3) is 5.00. The van der Waals surface area contributed by atoms with Crippen molar-refractivity contribution in [1.82, 2.24) is 19.9 Å². The van der Waals surface area contributed by atoms with Gasteiger partial charge in [-0.25, -0.2) is 15.0 Å². The number of nitrogens with zero attached hydrogens (tertiary/aromatic N) is 5. The largest absolute Gasteiger partial charge is 0.417 e. The molecule has 2 aromatic rings. The fourth-order valence-corrected chi connectivity index (χ4v) is 3.01. The van der Waals surface area contributed by atoms with Crippen molar-refractivity contribution >= 4 is 29.3 Å². The molecule has 28 heavy (non-hydrogen) atoms. The van der Waals surface area contributed by atoms with Gasteiger partial charge in [-0.1, -0.05) is 11.6 Å². The zero-order chi connectivity index (χ0) is 20.1. The van der Waals surface area contributed by atoms with Gasteiger partial charge in [0.1, 0.15) is 5.82 Å². The quantitative estimate of drug-likeness (QED) is 0.811. The molecule has 2 aromatic heterocycles. The van der Waals surface area contributed by atoms with Crippen LogP contribution >= 0.6 is 11.6 Å². The fourth-order valence-electron chi connectivity index (χ4n) is 2.78. The minimum absolute atomic E-state index is 0.0517. The average molecular weight is 415 g/mol. The van der Waals surface area contributed by atoms with Crippen molar-refractivity contribution in [2.75, 3.05) is 42.9 Å². The Bertz CT molecular complexity index is 812. The number of anilines is 2. The molecule has 150 valence electrons. The van der Waals surface area contributed by atoms with Gasteiger partial charge in [0.15, 0.2) is 0 Å². The van der Waals surface area contributed by atoms with Gasteiger partial charge in [-0.15, -0.1) is 0 Å². The van der Waals surface area contributed by atoms with Gasteiger partial charge in [0, 0.05) is 57.7 Å². The lowest BCUT2D eigenvalue weighted by Gasteiger charge is -2.34. The van der Waals surface area contributed by atoms with E-state index < -0.39 is 11.7 Å². The lowest BCUT2D eigenvalue weighted by molar-refractivity contribution is -0.137. The van der Waals surface area contributed by atoms with Crippen molar-refractivity contribution < 1.29 is 18.0 Å². The van der Waals surface area contributed by atoms with Gasteiger partial charge < -0.3 is 15.1 Å². The summed E-state index contributed by atoms with van der Waals surface area (Å²) in [7, 11) is 0. The molecule has 0 atom stereocenters. The molecule has 0 radical (unpaired) electrons. The van der Waals surface area contributed by atoms with E-state index in [9.17, 15) is 18.0 Å². The molecule has 1 amide bonds. The predicted octanol–water partition coefficient (Wildman–Crippen LogP) is 2.69. The first-order valence-corrected chi connectivity index (χ1v) is 8.99. The lowest BCUT2D eigenvalue weighted by atomic mass is 10.2. The Labute approximate surface area is 164 Å². The van der Waals surface area contributed by atoms with Gasteiger partial charge in [-0.2, -0.15) is 13.2 Å². The normalized spacial score (nSPS) is 14.9. The molecule has 11 heteroatoms. The summed E-state index contributed by atoms with van der Waals surface area (Å²) in [5.74, 6) is 0.706. The minimum atomic E-state index is -4.50. The van der Waals surface area contributed by atoms with Gasteiger partial charge in [0.2, 0.25) is 11.9 Å². The molecule has 0 unspecified atom stereocenters. The molecule has 1 saturated heterocycles. The zero-order valence-corrected chi connectivity index (χ0v) is 15.5. The lowest BCUT2D eigenvalue weighted by Crippen LogP contribution is -2.49. The fraction of sp³-hybridized carbons (Fsp3) is 0.412. The molecule has 1 aliphatic rings. The molecule has 1 aliphatic heterocycles. The number of amides is 1. The molecule has 3 rings (SSSR count). The number of alkyl halides is 3. The molecular formula is C17H18ClF3N6O. The summed E-state index contributed by atoms with van der Waals surface area (Å²) in [4.78, 5) is 28.2. The Kier molecular flexibility index (Phi) is 6.18. The van der Waals surface area contributed by atoms with Crippen molar-refractivity contribution in [3.05, 3.63) is 41.3 Å². The number of aromatic nitrogens is 3. The van der Waals surface area contributed by atoms with Crippen LogP contribution in [0.5, 0.6) is 0 Å². The third-order valence-electron chi connectivity index (χ3n) is 4.27. The highest BCUT2D eigenvalue weighted by Crippen LogP contribution is 2.32. The Morgan fingerprint density at radius 3 is 2.43 bits per heavy atom. The monoisotopic (exact) mass is 414 g/mol. The summed E-state index contributed by atoms with van der Waals surface area (Å²) in [6, 6.07) is 2.55. The van der Waals surface area contributed by atoms with Gasteiger partial charge in [0.25, 0.3) is 0 Å². The van der Waals surface area contributed by atoms with Crippen LogP contribution in [0.25, 0.3) is 0 Å². The van der Waals surface area contributed by atoms with Gasteiger partial charge in [-0.3, -0.25) is 4.79 Å². The first-order chi connectivity index (χ1) is 13.3. The van der Waals surface area contributed by atoms with E-state index in [1.54, 1.807) is 23.4 Å². The van der Waals surface area contributed by atoms with Crippen molar-refractivity contribution in [3.8, 4) is 0 Å². The van der Waals surface area contributed by atoms with Crippen molar-refractivity contribution in [1.29, 1.82) is 0 Å². The Morgan fingerprint density at radius 1 is 1.14 bits per heavy atom. The molecular weight excluding hydrogens is 397 g/mol. The second-order valence-corrected chi connectivity index (χ2v) is 6.55. The highest BCUT2D eigenvalue weighted by Gasteiger charge is 2.31. The van der Waals surface area contributed by atoms with E-state index in [0.29, 0.717) is 38.3 Å². The number of carbonyl (C=O) groups excluding carboxylic acids is 1. The molecule has 0 saturated carbocycles. The SMILES string of the molecule is O=C(CCNc1ncc(C(F)(F)F)cc1Cl)N1CCN(c2ncccn2)CC1. The van der Waals surface area contributed by atoms with E-state index in [1.807, 2.05) is 4.90 Å². The number of halogens is 4. The highest BCUT2D eigenvalue weighted by atomic mass is 35.5. The molecule has 0 spiro atoms. The molecule has 1 fully saturated rings. The summed E-state index contributed by atoms with van der Waals surface area (Å²) in [6.45, 7) is 2.59. The van der Waals surface area contributed by atoms with Crippen LogP contribution in [0.2, 0.25) is 5.02 Å². The van der Waals surface area contributed by atoms with Crippen LogP contribution in [-0.2, 0) is 11.0 Å². The summed E-state index contributed by atoms with van der Waals surface area (Å²) in [5, 5.41) is 2.67. The zero-order valence-electron chi connectivity index (χ0n) is 14.8. The second-order valence-electron chi connectivity index (χ2n) is 6.15. The van der Waals surface area contributed by atoms with Crippen molar-refractivity contribution in [3.63, 3.8) is 0 Å². The molecule has 0 aliphatic carbocycles. The predicted molar refractivity (Wildman–Crippen MR) is 98.2 cm³/mol. The smallest absolute Gasteiger partial charge is 0.368 e. The van der Waals surface area contributed by atoms with E-state index in [-0.39, 0.29) is 29.7 Å². The summed E-state index contributed by atoms with van der Waals surface area (Å²) >= 11 is 5.84. The summed E-state index contributed by atoms with van der Waals surface area (Å²) in [6.07, 6.45) is -0.266. The van der Waals surface area contributed by atoms with E-state index in [4.69, 9.17) is 11.6 Å². The standard InChI is InChI=1S/C17H18ClF3N6O/c18-13-10-12(17(19,20)21)11-25-15(13)22-5-2-14(28)26-6-8-27(9-7-26)16-23-3-1-4-24-16/h1,3-4,10-11H,2,5-9H2,(H,22,25). The van der Waals surface area contributed by atoms with Gasteiger partial charge in [0.05, 0.1) is 10.6 Å². The van der Waals surface area contributed by atoms with Crippen LogP contribution in [0, 0.1) is 0 Å². The van der Waals surface area contributed by atoms with Gasteiger partial charge in [-0.05, 0) is 12.1 Å². The number of nitrogens with one attached hydrogen (secondary N) is 1. The topological polar surface area (TPSA) is 74.2 Å². The summed E-state index contributed by atoms with van der Waals surface area (Å²) in [5.41, 5.74) is -0.917. The number of hydrogen-bond donors (Lipinski definition) is 1. The molecule has 7 nitrogen and oxygen atoms in total. The average Bonchev–Trinajstić information content (AvgIpc) is 2.69. The van der Waals surface area contributed by atoms with Crippen LogP contribution in [0.3, 0.4) is 0 Å². The number of hydrogen-bond acceptors (Lipinski definition) is 6. The van der Waals surface area contributed by atoms with Crippen molar-refractivity contribution in [2.45, 2.75) is 12.6 Å².